The van der Waals surface area contributed by atoms with Crippen LogP contribution in [0.2, 0.25) is 0 Å². The average molecular weight is 643 g/mol. The zero-order chi connectivity index (χ0) is 32.5. The fourth-order valence-corrected chi connectivity index (χ4v) is 12.9. The first-order chi connectivity index (χ1) is 20.1. The number of aromatic nitrogens is 1. The molecule has 1 saturated heterocycles. The number of nitrogens with one attached hydrogen (secondary N) is 1. The molecule has 1 amide bonds. The number of rotatable bonds is 3. The molecule has 7 nitrogen and oxygen atoms in total. The lowest BCUT2D eigenvalue weighted by Gasteiger charge is -2.69. The van der Waals surface area contributed by atoms with Crippen LogP contribution in [-0.4, -0.2) is 51.1 Å². The number of anilines is 1. The van der Waals surface area contributed by atoms with Crippen molar-refractivity contribution in [1.29, 1.82) is 0 Å². The van der Waals surface area contributed by atoms with Crippen molar-refractivity contribution in [1.82, 2.24) is 4.98 Å². The third-order valence-electron chi connectivity index (χ3n) is 13.7. The highest BCUT2D eigenvalue weighted by Crippen LogP contribution is 2.76. The van der Waals surface area contributed by atoms with E-state index in [2.05, 4.69) is 56.6 Å². The van der Waals surface area contributed by atoms with Gasteiger partial charge in [-0.3, -0.25) is 5.32 Å². The van der Waals surface area contributed by atoms with Gasteiger partial charge >= 0.3 is 12.5 Å². The van der Waals surface area contributed by atoms with Crippen LogP contribution in [0.25, 0.3) is 0 Å². The number of hydrogen-bond acceptors (Lipinski definition) is 7. The first kappa shape index (κ1) is 32.5. The number of aliphatic hydroxyl groups excluding tert-OH is 1. The summed E-state index contributed by atoms with van der Waals surface area (Å²) in [5.41, 5.74) is -1.13. The van der Waals surface area contributed by atoms with Gasteiger partial charge in [0, 0.05) is 10.3 Å². The van der Waals surface area contributed by atoms with Gasteiger partial charge in [0.2, 0.25) is 0 Å². The van der Waals surface area contributed by atoms with Crippen molar-refractivity contribution in [3.63, 3.8) is 0 Å². The fraction of sp³-hybridized carbons (Fsp3) is 0.879. The number of fused-ring (bicyclic) bond motifs is 6. The zero-order valence-corrected chi connectivity index (χ0v) is 28.0. The molecule has 0 bridgehead atoms. The van der Waals surface area contributed by atoms with E-state index in [1.807, 2.05) is 13.8 Å². The van der Waals surface area contributed by atoms with Crippen molar-refractivity contribution < 1.29 is 37.7 Å². The fourth-order valence-electron chi connectivity index (χ4n) is 11.6. The molecule has 44 heavy (non-hydrogen) atoms. The van der Waals surface area contributed by atoms with Crippen molar-refractivity contribution in [2.24, 2.45) is 39.9 Å². The van der Waals surface area contributed by atoms with Gasteiger partial charge in [0.1, 0.15) is 0 Å². The molecule has 0 aromatic carbocycles. The van der Waals surface area contributed by atoms with Gasteiger partial charge in [-0.05, 0) is 112 Å². The van der Waals surface area contributed by atoms with Crippen molar-refractivity contribution in [3.8, 4) is 0 Å². The molecule has 3 saturated carbocycles. The quantitative estimate of drug-likeness (QED) is 0.314. The second-order valence-electron chi connectivity index (χ2n) is 16.7. The monoisotopic (exact) mass is 642 g/mol. The molecule has 2 heterocycles. The topological polar surface area (TPSA) is 101 Å². The number of aliphatic hydroxyl groups is 2. The van der Waals surface area contributed by atoms with E-state index in [9.17, 15) is 28.2 Å². The van der Waals surface area contributed by atoms with Crippen LogP contribution >= 0.6 is 11.3 Å². The molecular formula is C33H49F3N2O5S. The molecule has 1 aromatic heterocycles. The summed E-state index contributed by atoms with van der Waals surface area (Å²) in [5.74, 6) is 0.788. The number of ether oxygens (including phenoxy) is 2. The number of amides is 1. The van der Waals surface area contributed by atoms with E-state index in [1.54, 1.807) is 0 Å². The molecular weight excluding hydrogens is 593 g/mol. The maximum Gasteiger partial charge on any atom is 0.576 e. The molecule has 5 aliphatic rings. The number of hydrogen-bond donors (Lipinski definition) is 3. The number of thiazole rings is 1. The third-order valence-corrected chi connectivity index (χ3v) is 14.6. The zero-order valence-electron chi connectivity index (χ0n) is 27.2. The van der Waals surface area contributed by atoms with Crippen LogP contribution in [-0.2, 0) is 21.3 Å². The lowest BCUT2D eigenvalue weighted by atomic mass is 9.35. The Morgan fingerprint density at radius 1 is 1.02 bits per heavy atom. The highest BCUT2D eigenvalue weighted by Gasteiger charge is 2.72. The van der Waals surface area contributed by atoms with Crippen molar-refractivity contribution in [2.45, 2.75) is 142 Å². The molecule has 0 spiro atoms. The number of halogens is 3. The molecule has 4 fully saturated rings. The largest absolute Gasteiger partial charge is 0.576 e. The molecule has 248 valence electrons. The summed E-state index contributed by atoms with van der Waals surface area (Å²) >= 11 is 1.23. The lowest BCUT2D eigenvalue weighted by Crippen LogP contribution is -2.66. The smallest absolute Gasteiger partial charge is 0.393 e. The number of nitrogens with zero attached hydrogens (tertiary/aromatic N) is 1. The molecule has 1 aromatic rings. The predicted molar refractivity (Wildman–Crippen MR) is 161 cm³/mol. The van der Waals surface area contributed by atoms with Crippen LogP contribution < -0.4 is 5.32 Å². The standard InChI is InChI=1S/C33H49F3N2O5S/c1-27(2)20-10-13-30(6)21(29(20,5)16-19-24(27)37-25(44-19)38-26(40)43-33(34,35)36)15-18(39)23-17(9-12-31(23,30)7)32(8)14-11-22(42-32)28(3,4)41/h17-18,20-23,39,41H,9-16H2,1-8H3,(H,37,38,40)/t17?,18-,20+,21-,22+,23+,29+,30-,31-,32+/m1/s1. The van der Waals surface area contributed by atoms with Crippen molar-refractivity contribution >= 4 is 22.6 Å². The molecule has 3 N–H and O–H groups in total. The maximum absolute atomic E-state index is 12.6. The van der Waals surface area contributed by atoms with E-state index < -0.39 is 24.2 Å². The normalized spacial score (nSPS) is 44.8. The Labute approximate surface area is 262 Å². The van der Waals surface area contributed by atoms with E-state index in [-0.39, 0.29) is 62.2 Å². The maximum atomic E-state index is 12.6. The van der Waals surface area contributed by atoms with E-state index in [1.165, 1.54) is 11.3 Å². The Hall–Kier alpha value is -1.43. The Bertz CT molecular complexity index is 1330. The van der Waals surface area contributed by atoms with Gasteiger partial charge in [0.05, 0.1) is 29.1 Å². The minimum absolute atomic E-state index is 0.0304. The summed E-state index contributed by atoms with van der Waals surface area (Å²) in [6.07, 6.45) is -0.246. The van der Waals surface area contributed by atoms with Crippen LogP contribution in [0.1, 0.15) is 111 Å². The molecule has 1 aliphatic heterocycles. The molecule has 0 radical (unpaired) electrons. The Morgan fingerprint density at radius 3 is 2.30 bits per heavy atom. The highest BCUT2D eigenvalue weighted by molar-refractivity contribution is 7.15. The molecule has 11 heteroatoms. The highest BCUT2D eigenvalue weighted by atomic mass is 32.1. The first-order valence-corrected chi connectivity index (χ1v) is 17.0. The Balaban J connectivity index is 1.31. The van der Waals surface area contributed by atoms with E-state index in [0.29, 0.717) is 12.8 Å². The van der Waals surface area contributed by atoms with Gasteiger partial charge < -0.3 is 19.7 Å². The van der Waals surface area contributed by atoms with Gasteiger partial charge in [-0.15, -0.1) is 24.5 Å². The van der Waals surface area contributed by atoms with E-state index in [0.717, 1.165) is 49.1 Å². The third kappa shape index (κ3) is 4.67. The first-order valence-electron chi connectivity index (χ1n) is 16.2. The van der Waals surface area contributed by atoms with Gasteiger partial charge in [-0.2, -0.15) is 0 Å². The Kier molecular flexibility index (Phi) is 7.24. The van der Waals surface area contributed by atoms with Crippen LogP contribution in [0.15, 0.2) is 0 Å². The molecule has 10 atom stereocenters. The Morgan fingerprint density at radius 2 is 1.68 bits per heavy atom. The minimum Gasteiger partial charge on any atom is -0.393 e. The summed E-state index contributed by atoms with van der Waals surface area (Å²) < 4.78 is 48.1. The predicted octanol–water partition coefficient (Wildman–Crippen LogP) is 7.59. The summed E-state index contributed by atoms with van der Waals surface area (Å²) in [4.78, 5) is 17.5. The molecule has 6 rings (SSSR count). The molecule has 4 aliphatic carbocycles. The van der Waals surface area contributed by atoms with Crippen molar-refractivity contribution in [3.05, 3.63) is 10.6 Å². The van der Waals surface area contributed by atoms with Crippen LogP contribution in [0.3, 0.4) is 0 Å². The van der Waals surface area contributed by atoms with Crippen LogP contribution in [0.4, 0.5) is 23.1 Å². The van der Waals surface area contributed by atoms with E-state index in [4.69, 9.17) is 4.74 Å². The van der Waals surface area contributed by atoms with Crippen molar-refractivity contribution in [2.75, 3.05) is 5.32 Å². The van der Waals surface area contributed by atoms with E-state index >= 15 is 0 Å². The number of carbonyl (C=O) groups is 1. The second-order valence-corrected chi connectivity index (χ2v) is 17.8. The van der Waals surface area contributed by atoms with Crippen LogP contribution in [0.5, 0.6) is 0 Å². The second kappa shape index (κ2) is 9.80. The van der Waals surface area contributed by atoms with Gasteiger partial charge in [-0.25, -0.2) is 9.78 Å². The number of carbonyl (C=O) groups excluding carboxylic acids is 1. The SMILES string of the molecule is CC(C)(O)[C@@H]1CC[C@@](C)(C2CC[C@]3(C)[C@@H]2[C@H](O)C[C@@H]2[C@@]4(C)Cc5sc(NC(=O)OC(F)(F)F)nc5C(C)(C)[C@@H]4CC[C@]23C)O1. The van der Waals surface area contributed by atoms with Crippen LogP contribution in [0, 0.1) is 39.9 Å². The average Bonchev–Trinajstić information content (AvgIpc) is 3.56. The van der Waals surface area contributed by atoms with Gasteiger partial charge in [-0.1, -0.05) is 34.6 Å². The number of alkyl halides is 3. The summed E-state index contributed by atoms with van der Waals surface area (Å²) in [5, 5.41) is 25.2. The molecule has 1 unspecified atom stereocenters. The van der Waals surface area contributed by atoms with Gasteiger partial charge in [0.25, 0.3) is 0 Å². The summed E-state index contributed by atoms with van der Waals surface area (Å²) in [6.45, 7) is 17.4. The minimum atomic E-state index is -5.07. The lowest BCUT2D eigenvalue weighted by molar-refractivity contribution is -0.289. The summed E-state index contributed by atoms with van der Waals surface area (Å²) in [7, 11) is 0. The van der Waals surface area contributed by atoms with Gasteiger partial charge in [0.15, 0.2) is 5.13 Å². The summed E-state index contributed by atoms with van der Waals surface area (Å²) in [6, 6.07) is 0.